The van der Waals surface area contributed by atoms with Crippen LogP contribution in [0.1, 0.15) is 24.8 Å². The van der Waals surface area contributed by atoms with Gasteiger partial charge in [0.2, 0.25) is 11.9 Å². The first-order chi connectivity index (χ1) is 13.7. The van der Waals surface area contributed by atoms with E-state index in [4.69, 9.17) is 0 Å². The monoisotopic (exact) mass is 377 g/mol. The van der Waals surface area contributed by atoms with Gasteiger partial charge in [-0.2, -0.15) is 4.98 Å². The van der Waals surface area contributed by atoms with E-state index in [1.165, 1.54) is 5.56 Å². The third-order valence-corrected chi connectivity index (χ3v) is 5.45. The number of hydrogen-bond acceptors (Lipinski definition) is 5. The van der Waals surface area contributed by atoms with E-state index in [0.29, 0.717) is 11.6 Å². The van der Waals surface area contributed by atoms with Gasteiger partial charge in [-0.1, -0.05) is 30.3 Å². The van der Waals surface area contributed by atoms with Crippen LogP contribution >= 0.6 is 0 Å². The molecule has 2 N–H and O–H groups in total. The van der Waals surface area contributed by atoms with Crippen LogP contribution in [0.25, 0.3) is 16.9 Å². The van der Waals surface area contributed by atoms with Gasteiger partial charge in [-0.15, -0.1) is 5.10 Å². The van der Waals surface area contributed by atoms with E-state index >= 15 is 0 Å². The molecule has 0 radical (unpaired) electrons. The molecule has 1 saturated carbocycles. The molecule has 144 valence electrons. The van der Waals surface area contributed by atoms with Crippen LogP contribution in [0.5, 0.6) is 0 Å². The van der Waals surface area contributed by atoms with Gasteiger partial charge in [0.15, 0.2) is 5.65 Å². The Bertz CT molecular complexity index is 1010. The number of rotatable bonds is 5. The Hall–Kier alpha value is -2.77. The second kappa shape index (κ2) is 7.00. The summed E-state index contributed by atoms with van der Waals surface area (Å²) in [5.74, 6) is 0.484. The molecule has 1 aromatic carbocycles. The number of aliphatic hydroxyl groups is 1. The predicted octanol–water partition coefficient (Wildman–Crippen LogP) is 2.31. The summed E-state index contributed by atoms with van der Waals surface area (Å²) in [6.45, 7) is 2.54. The van der Waals surface area contributed by atoms with Crippen LogP contribution < -0.4 is 5.32 Å². The molecule has 1 saturated heterocycles. The van der Waals surface area contributed by atoms with Gasteiger partial charge < -0.3 is 5.11 Å². The molecule has 1 aliphatic heterocycles. The minimum Gasteiger partial charge on any atom is -0.392 e. The SMILES string of the molecule is O=C(Nc1nc2cccc(-c3ccc(CN4CC[C@H](O)C4)cc3)n2n1)C1CC1. The van der Waals surface area contributed by atoms with Crippen molar-refractivity contribution in [3.05, 3.63) is 48.0 Å². The molecule has 5 rings (SSSR count). The summed E-state index contributed by atoms with van der Waals surface area (Å²) in [5.41, 5.74) is 3.90. The van der Waals surface area contributed by atoms with E-state index in [0.717, 1.165) is 50.2 Å². The Balaban J connectivity index is 1.37. The number of carbonyl (C=O) groups excluding carboxylic acids is 1. The molecule has 7 nitrogen and oxygen atoms in total. The lowest BCUT2D eigenvalue weighted by Crippen LogP contribution is -2.21. The van der Waals surface area contributed by atoms with Crippen molar-refractivity contribution in [2.75, 3.05) is 18.4 Å². The maximum atomic E-state index is 12.0. The van der Waals surface area contributed by atoms with Crippen molar-refractivity contribution in [1.29, 1.82) is 0 Å². The van der Waals surface area contributed by atoms with Crippen molar-refractivity contribution in [2.45, 2.75) is 31.9 Å². The summed E-state index contributed by atoms with van der Waals surface area (Å²) < 4.78 is 1.77. The number of β-amino-alcohol motifs (C(OH)–C–C–N with tert-alkyl or cyclic N) is 1. The number of carbonyl (C=O) groups is 1. The van der Waals surface area contributed by atoms with Crippen LogP contribution in [-0.2, 0) is 11.3 Å². The number of aromatic nitrogens is 3. The molecule has 3 heterocycles. The van der Waals surface area contributed by atoms with Gasteiger partial charge in [-0.3, -0.25) is 15.0 Å². The van der Waals surface area contributed by atoms with Crippen LogP contribution in [-0.4, -0.2) is 49.7 Å². The van der Waals surface area contributed by atoms with Crippen molar-refractivity contribution in [2.24, 2.45) is 5.92 Å². The number of likely N-dealkylation sites (tertiary alicyclic amines) is 1. The molecule has 3 aromatic rings. The molecule has 2 aromatic heterocycles. The molecule has 2 aliphatic rings. The minimum atomic E-state index is -0.196. The van der Waals surface area contributed by atoms with E-state index < -0.39 is 0 Å². The highest BCUT2D eigenvalue weighted by atomic mass is 16.3. The van der Waals surface area contributed by atoms with Gasteiger partial charge in [0.05, 0.1) is 11.8 Å². The normalized spacial score (nSPS) is 20.0. The Labute approximate surface area is 163 Å². The summed E-state index contributed by atoms with van der Waals surface area (Å²) in [6.07, 6.45) is 2.56. The Morgan fingerprint density at radius 1 is 1.14 bits per heavy atom. The van der Waals surface area contributed by atoms with Gasteiger partial charge >= 0.3 is 0 Å². The van der Waals surface area contributed by atoms with E-state index in [1.807, 2.05) is 18.2 Å². The summed E-state index contributed by atoms with van der Waals surface area (Å²) in [6, 6.07) is 14.2. The molecule has 1 aliphatic carbocycles. The maximum absolute atomic E-state index is 12.0. The summed E-state index contributed by atoms with van der Waals surface area (Å²) >= 11 is 0. The summed E-state index contributed by atoms with van der Waals surface area (Å²) in [7, 11) is 0. The number of amides is 1. The largest absolute Gasteiger partial charge is 0.392 e. The lowest BCUT2D eigenvalue weighted by Gasteiger charge is -2.15. The van der Waals surface area contributed by atoms with Crippen LogP contribution in [0.3, 0.4) is 0 Å². The number of pyridine rings is 1. The average molecular weight is 377 g/mol. The molecule has 2 fully saturated rings. The van der Waals surface area contributed by atoms with Crippen molar-refractivity contribution in [3.63, 3.8) is 0 Å². The molecule has 7 heteroatoms. The van der Waals surface area contributed by atoms with Gasteiger partial charge in [0.1, 0.15) is 0 Å². The van der Waals surface area contributed by atoms with Gasteiger partial charge in [0, 0.05) is 31.1 Å². The standard InChI is InChI=1S/C21H23N5O2/c27-17-10-11-25(13-17)12-14-4-6-15(7-5-14)18-2-1-3-19-22-21(24-26(18)19)23-20(28)16-8-9-16/h1-7,16-17,27H,8-13H2,(H,23,24,28)/t17-/m0/s1. The van der Waals surface area contributed by atoms with Crippen molar-refractivity contribution < 1.29 is 9.90 Å². The zero-order valence-corrected chi connectivity index (χ0v) is 15.6. The first-order valence-electron chi connectivity index (χ1n) is 9.82. The van der Waals surface area contributed by atoms with E-state index in [1.54, 1.807) is 4.52 Å². The van der Waals surface area contributed by atoms with Gasteiger partial charge in [-0.05, 0) is 37.0 Å². The molecule has 1 amide bonds. The number of anilines is 1. The lowest BCUT2D eigenvalue weighted by molar-refractivity contribution is -0.117. The Morgan fingerprint density at radius 2 is 1.96 bits per heavy atom. The molecule has 0 bridgehead atoms. The van der Waals surface area contributed by atoms with Gasteiger partial charge in [-0.25, -0.2) is 4.52 Å². The van der Waals surface area contributed by atoms with Crippen LogP contribution in [0.2, 0.25) is 0 Å². The number of fused-ring (bicyclic) bond motifs is 1. The van der Waals surface area contributed by atoms with Crippen LogP contribution in [0.15, 0.2) is 42.5 Å². The lowest BCUT2D eigenvalue weighted by atomic mass is 10.1. The number of aliphatic hydroxyl groups excluding tert-OH is 1. The highest BCUT2D eigenvalue weighted by Crippen LogP contribution is 2.30. The third kappa shape index (κ3) is 3.50. The summed E-state index contributed by atoms with van der Waals surface area (Å²) in [4.78, 5) is 18.7. The quantitative estimate of drug-likeness (QED) is 0.713. The third-order valence-electron chi connectivity index (χ3n) is 5.45. The van der Waals surface area contributed by atoms with Crippen molar-refractivity contribution >= 4 is 17.5 Å². The molecule has 0 spiro atoms. The van der Waals surface area contributed by atoms with Crippen LogP contribution in [0.4, 0.5) is 5.95 Å². The van der Waals surface area contributed by atoms with E-state index in [9.17, 15) is 9.90 Å². The molecule has 0 unspecified atom stereocenters. The molecule has 1 atom stereocenters. The topological polar surface area (TPSA) is 82.8 Å². The zero-order chi connectivity index (χ0) is 19.1. The van der Waals surface area contributed by atoms with Gasteiger partial charge in [0.25, 0.3) is 0 Å². The summed E-state index contributed by atoms with van der Waals surface area (Å²) in [5, 5.41) is 17.0. The fourth-order valence-electron chi connectivity index (χ4n) is 3.73. The number of nitrogens with one attached hydrogen (secondary N) is 1. The highest BCUT2D eigenvalue weighted by molar-refractivity contribution is 5.92. The fourth-order valence-corrected chi connectivity index (χ4v) is 3.73. The smallest absolute Gasteiger partial charge is 0.249 e. The first kappa shape index (κ1) is 17.3. The highest BCUT2D eigenvalue weighted by Gasteiger charge is 2.30. The molecule has 28 heavy (non-hydrogen) atoms. The zero-order valence-electron chi connectivity index (χ0n) is 15.6. The van der Waals surface area contributed by atoms with Crippen LogP contribution in [0, 0.1) is 5.92 Å². The maximum Gasteiger partial charge on any atom is 0.249 e. The molecular weight excluding hydrogens is 354 g/mol. The number of nitrogens with zero attached hydrogens (tertiary/aromatic N) is 4. The molecular formula is C21H23N5O2. The first-order valence-corrected chi connectivity index (χ1v) is 9.82. The minimum absolute atomic E-state index is 0.00819. The Kier molecular flexibility index (Phi) is 4.33. The number of benzene rings is 1. The van der Waals surface area contributed by atoms with E-state index in [2.05, 4.69) is 44.6 Å². The number of hydrogen-bond donors (Lipinski definition) is 2. The average Bonchev–Trinajstić information content (AvgIpc) is 3.35. The second-order valence-electron chi connectivity index (χ2n) is 7.75. The second-order valence-corrected chi connectivity index (χ2v) is 7.75. The van der Waals surface area contributed by atoms with Crippen molar-refractivity contribution in [3.8, 4) is 11.3 Å². The van der Waals surface area contributed by atoms with E-state index in [-0.39, 0.29) is 17.9 Å². The predicted molar refractivity (Wildman–Crippen MR) is 106 cm³/mol. The fraction of sp³-hybridized carbons (Fsp3) is 0.381. The Morgan fingerprint density at radius 3 is 2.68 bits per heavy atom. The van der Waals surface area contributed by atoms with Crippen molar-refractivity contribution in [1.82, 2.24) is 19.5 Å².